The molecule has 0 aromatic carbocycles. The lowest BCUT2D eigenvalue weighted by atomic mass is 9.78. The number of nitrogens with zero attached hydrogens (tertiary/aromatic N) is 9. The lowest BCUT2D eigenvalue weighted by molar-refractivity contribution is -0.182. The van der Waals surface area contributed by atoms with Crippen LogP contribution in [0.5, 0.6) is 0 Å². The van der Waals surface area contributed by atoms with Crippen LogP contribution in [-0.4, -0.2) is 269 Å². The summed E-state index contributed by atoms with van der Waals surface area (Å²) in [6.07, 6.45) is 3.64. The number of halogens is 5. The van der Waals surface area contributed by atoms with E-state index in [1.165, 1.54) is 110 Å². The zero-order valence-electron chi connectivity index (χ0n) is 64.9. The second kappa shape index (κ2) is 37.7. The number of alkyl halides is 5. The summed E-state index contributed by atoms with van der Waals surface area (Å²) < 4.78 is 57.9. The van der Waals surface area contributed by atoms with E-state index in [2.05, 4.69) is 16.0 Å². The van der Waals surface area contributed by atoms with Crippen molar-refractivity contribution in [2.75, 3.05) is 76.5 Å². The normalized spacial score (nSPS) is 31.8. The lowest BCUT2D eigenvalue weighted by Crippen LogP contribution is -2.65. The third-order valence-corrected chi connectivity index (χ3v) is 25.3. The SMILES string of the molecule is CC[C@H](C)[C@@H]1NC(=O)[C@H](CC(C)C)N(C)C(=O)C[C@@H](C(=O)N(C)C)N(C)C(=O)[C@H](C2CCCC2)N(C)C(=O)C2(CCCC2)NC(=O)[C@H](CC2CCCC(F)C2)N(C)C(=O)[C@H](CCC2CCC(C(F)(F)F)C(Cl)C2)NC(=O)CN(C)C(=O)[C@H](CC2CCCCC2)N(C)C(=O)[C@@H]2CCN2C(=O)[C@H](C)N(C)C1=O. The maximum absolute atomic E-state index is 15.8. The summed E-state index contributed by atoms with van der Waals surface area (Å²) in [5.74, 6) is -11.7. The third kappa shape index (κ3) is 21.1. The topological polar surface area (TPSA) is 270 Å². The molecule has 5 unspecified atom stereocenters. The minimum atomic E-state index is -4.54. The molecule has 15 atom stereocenters. The third-order valence-electron chi connectivity index (χ3n) is 24.8. The van der Waals surface area contributed by atoms with E-state index >= 15 is 28.4 Å². The van der Waals surface area contributed by atoms with Gasteiger partial charge in [-0.25, -0.2) is 4.39 Å². The van der Waals surface area contributed by atoms with Gasteiger partial charge in [0.2, 0.25) is 70.9 Å². The molecule has 2 saturated heterocycles. The van der Waals surface area contributed by atoms with Gasteiger partial charge in [0.15, 0.2) is 0 Å². The van der Waals surface area contributed by atoms with Crippen molar-refractivity contribution in [2.24, 2.45) is 41.4 Å². The Kier molecular flexibility index (Phi) is 30.8. The molecule has 7 aliphatic rings. The summed E-state index contributed by atoms with van der Waals surface area (Å²) in [4.78, 5) is 193. The van der Waals surface area contributed by atoms with Gasteiger partial charge in [0.25, 0.3) is 0 Å². The van der Waals surface area contributed by atoms with Gasteiger partial charge in [-0.15, -0.1) is 11.6 Å². The van der Waals surface area contributed by atoms with Crippen molar-refractivity contribution in [2.45, 2.75) is 292 Å². The van der Waals surface area contributed by atoms with Crippen molar-refractivity contribution in [3.05, 3.63) is 0 Å². The molecule has 7 rings (SSSR count). The second-order valence-corrected chi connectivity index (χ2v) is 33.4. The lowest BCUT2D eigenvalue weighted by Gasteiger charge is -2.45. The van der Waals surface area contributed by atoms with Crippen LogP contribution in [0.25, 0.3) is 0 Å². The molecule has 5 aliphatic carbocycles. The van der Waals surface area contributed by atoms with Crippen LogP contribution in [0.15, 0.2) is 0 Å². The van der Waals surface area contributed by atoms with Crippen LogP contribution in [0.3, 0.4) is 0 Å². The molecule has 3 N–H and O–H groups in total. The smallest absolute Gasteiger partial charge is 0.347 e. The van der Waals surface area contributed by atoms with Gasteiger partial charge in [-0.1, -0.05) is 105 Å². The highest BCUT2D eigenvalue weighted by Gasteiger charge is 2.53. The molecule has 2 heterocycles. The molecule has 0 bridgehead atoms. The van der Waals surface area contributed by atoms with Gasteiger partial charge < -0.3 is 60.0 Å². The Hall–Kier alpha value is -6.35. The highest BCUT2D eigenvalue weighted by molar-refractivity contribution is 6.21. The van der Waals surface area contributed by atoms with Crippen molar-refractivity contribution in [3.63, 3.8) is 0 Å². The van der Waals surface area contributed by atoms with E-state index in [0.717, 1.165) is 37.0 Å². The van der Waals surface area contributed by atoms with Crippen LogP contribution in [0.4, 0.5) is 17.6 Å². The number of carbonyl (C=O) groups is 12. The molecule has 5 saturated carbocycles. The van der Waals surface area contributed by atoms with E-state index in [9.17, 15) is 46.7 Å². The Morgan fingerprint density at radius 2 is 1.22 bits per heavy atom. The van der Waals surface area contributed by atoms with Crippen molar-refractivity contribution >= 4 is 82.5 Å². The highest BCUT2D eigenvalue weighted by atomic mass is 35.5. The molecule has 7 fully saturated rings. The maximum Gasteiger partial charge on any atom is 0.393 e. The quantitative estimate of drug-likeness (QED) is 0.120. The number of likely N-dealkylation sites (N-methyl/N-ethyl adjacent to an activating group) is 8. The number of rotatable bonds is 13. The summed E-state index contributed by atoms with van der Waals surface area (Å²) in [6, 6.07) is -11.3. The molecule has 0 aromatic heterocycles. The first-order chi connectivity index (χ1) is 49.3. The molecule has 594 valence electrons. The molecule has 12 amide bonds. The minimum Gasteiger partial charge on any atom is -0.347 e. The van der Waals surface area contributed by atoms with Crippen molar-refractivity contribution in [1.29, 1.82) is 0 Å². The highest BCUT2D eigenvalue weighted by Crippen LogP contribution is 2.44. The van der Waals surface area contributed by atoms with Gasteiger partial charge in [0, 0.05) is 75.4 Å². The van der Waals surface area contributed by atoms with E-state index in [1.54, 1.807) is 6.92 Å². The zero-order valence-corrected chi connectivity index (χ0v) is 65.7. The fourth-order valence-electron chi connectivity index (χ4n) is 17.6. The Balaban J connectivity index is 1.32. The summed E-state index contributed by atoms with van der Waals surface area (Å²) in [7, 11) is 12.9. The van der Waals surface area contributed by atoms with Gasteiger partial charge in [-0.05, 0) is 139 Å². The van der Waals surface area contributed by atoms with Crippen molar-refractivity contribution in [3.8, 4) is 0 Å². The number of carbonyl (C=O) groups excluding carboxylic acids is 12. The van der Waals surface area contributed by atoms with E-state index in [0.29, 0.717) is 64.2 Å². The van der Waals surface area contributed by atoms with E-state index < -0.39 is 191 Å². The number of nitrogens with one attached hydrogen (secondary N) is 3. The second-order valence-electron chi connectivity index (χ2n) is 32.8. The molecule has 1 spiro atoms. The molecule has 2 aliphatic heterocycles. The maximum atomic E-state index is 15.8. The number of amides is 12. The van der Waals surface area contributed by atoms with Crippen LogP contribution in [0.2, 0.25) is 0 Å². The monoisotopic (exact) mass is 1510 g/mol. The predicted octanol–water partition coefficient (Wildman–Crippen LogP) is 7.46. The van der Waals surface area contributed by atoms with Crippen LogP contribution in [0, 0.1) is 41.4 Å². The average molecular weight is 1510 g/mol. The molecule has 105 heavy (non-hydrogen) atoms. The molecular formula is C76H123ClF4N12O12. The zero-order chi connectivity index (χ0) is 77.9. The van der Waals surface area contributed by atoms with E-state index in [1.807, 2.05) is 20.8 Å². The van der Waals surface area contributed by atoms with Gasteiger partial charge in [-0.3, -0.25) is 57.5 Å². The summed E-state index contributed by atoms with van der Waals surface area (Å²) in [5.41, 5.74) is -1.66. The molecule has 0 aromatic rings. The Morgan fingerprint density at radius 1 is 0.610 bits per heavy atom. The van der Waals surface area contributed by atoms with Crippen molar-refractivity contribution in [1.82, 2.24) is 60.0 Å². The Labute approximate surface area is 624 Å². The number of fused-ring (bicyclic) bond motifs is 1. The van der Waals surface area contributed by atoms with E-state index in [-0.39, 0.29) is 95.4 Å². The summed E-state index contributed by atoms with van der Waals surface area (Å²) >= 11 is 6.45. The van der Waals surface area contributed by atoms with E-state index in [4.69, 9.17) is 11.6 Å². The predicted molar refractivity (Wildman–Crippen MR) is 389 cm³/mol. The first kappa shape index (κ1) is 85.9. The minimum absolute atomic E-state index is 0.00919. The summed E-state index contributed by atoms with van der Waals surface area (Å²) in [6.45, 7) is 8.35. The Bertz CT molecular complexity index is 3080. The average Bonchev–Trinajstić information content (AvgIpc) is 1.77. The van der Waals surface area contributed by atoms with Crippen LogP contribution in [0.1, 0.15) is 214 Å². The van der Waals surface area contributed by atoms with Gasteiger partial charge in [0.05, 0.1) is 18.9 Å². The molecular weight excluding hydrogens is 1380 g/mol. The fourth-order valence-corrected chi connectivity index (χ4v) is 18.1. The van der Waals surface area contributed by atoms with Crippen LogP contribution >= 0.6 is 11.6 Å². The van der Waals surface area contributed by atoms with Gasteiger partial charge in [-0.2, -0.15) is 13.2 Å². The van der Waals surface area contributed by atoms with Crippen LogP contribution < -0.4 is 16.0 Å². The standard InChI is InChI=1S/C76H123ClF4N12O12/c1-15-46(4)63-72(103)87(9)47(5)67(98)93-37-34-56(93)71(102)90(12)59(41-48-24-17-16-18-25-48)70(101)86(8)44-61(94)82-55(33-31-49-30-32-53(54(77)40-49)76(79,80)81)68(99)89(11)58(42-50-26-23-29-52(78)39-50)66(97)84-75(35-21-22-36-75)74(105)92(14)64(51-27-19-20-28-51)73(104)91(13)60(69(100)85(6)7)43-62(95)88(10)57(38-45(2)3)65(96)83-63/h45-60,63-64H,15-44H2,1-14H3,(H,82,94)(H,83,96)(H,84,97)/t46-,47-,49?,50?,52?,53?,54?,55-,56-,57-,58-,59-,60-,63-,64-/m0/s1. The fraction of sp³-hybridized carbons (Fsp3) is 0.842. The number of hydrogen-bond acceptors (Lipinski definition) is 12. The van der Waals surface area contributed by atoms with Crippen molar-refractivity contribution < 1.29 is 75.1 Å². The largest absolute Gasteiger partial charge is 0.393 e. The number of hydrogen-bond donors (Lipinski definition) is 3. The molecule has 0 radical (unpaired) electrons. The first-order valence-corrected chi connectivity index (χ1v) is 39.4. The molecule has 24 nitrogen and oxygen atoms in total. The molecule has 29 heteroatoms. The first-order valence-electron chi connectivity index (χ1n) is 39.0. The van der Waals surface area contributed by atoms with Gasteiger partial charge in [0.1, 0.15) is 66.1 Å². The van der Waals surface area contributed by atoms with Gasteiger partial charge >= 0.3 is 6.18 Å². The Morgan fingerprint density at radius 3 is 1.79 bits per heavy atom. The van der Waals surface area contributed by atoms with Crippen LogP contribution in [-0.2, 0) is 57.5 Å². The summed E-state index contributed by atoms with van der Waals surface area (Å²) in [5, 5.41) is 7.59.